The highest BCUT2D eigenvalue weighted by atomic mass is 31.2. The van der Waals surface area contributed by atoms with E-state index in [1.807, 2.05) is 0 Å². The number of phosphoric acid groups is 2. The molecule has 0 aromatic rings. The molecular weight excluding hydrogens is 1230 g/mol. The van der Waals surface area contributed by atoms with Crippen LogP contribution in [0.3, 0.4) is 0 Å². The third-order valence-electron chi connectivity index (χ3n) is 17.5. The lowest BCUT2D eigenvalue weighted by molar-refractivity contribution is -0.161. The summed E-state index contributed by atoms with van der Waals surface area (Å²) in [6.07, 6.45) is 56.7. The molecular formula is C75H146O17P2. The molecule has 0 amide bonds. The number of aliphatic hydroxyl groups is 1. The van der Waals surface area contributed by atoms with Gasteiger partial charge in [-0.25, -0.2) is 9.13 Å². The molecule has 94 heavy (non-hydrogen) atoms. The molecule has 0 heterocycles. The van der Waals surface area contributed by atoms with Gasteiger partial charge in [0.05, 0.1) is 26.4 Å². The Balaban J connectivity index is 5.24. The number of carbonyl (C=O) groups excluding carboxylic acids is 4. The number of hydrogen-bond donors (Lipinski definition) is 3. The fourth-order valence-electron chi connectivity index (χ4n) is 11.5. The number of ether oxygens (including phenoxy) is 4. The van der Waals surface area contributed by atoms with E-state index in [2.05, 4.69) is 34.6 Å². The van der Waals surface area contributed by atoms with E-state index in [9.17, 15) is 43.2 Å². The second-order valence-electron chi connectivity index (χ2n) is 27.5. The van der Waals surface area contributed by atoms with Gasteiger partial charge >= 0.3 is 39.5 Å². The monoisotopic (exact) mass is 1380 g/mol. The minimum Gasteiger partial charge on any atom is -0.462 e. The molecule has 0 rings (SSSR count). The molecule has 2 unspecified atom stereocenters. The van der Waals surface area contributed by atoms with Crippen molar-refractivity contribution in [3.05, 3.63) is 0 Å². The van der Waals surface area contributed by atoms with Crippen molar-refractivity contribution < 1.29 is 80.2 Å². The quantitative estimate of drug-likeness (QED) is 0.0222. The standard InChI is InChI=1S/C75H146O17P2/c1-6-9-12-15-18-21-24-26-27-28-31-35-39-44-49-54-59-73(78)86-65-71(92-75(80)61-56-51-46-41-36-32-29-30-33-37-42-47-52-57-68(4)5)67-90-94(83,84)88-63-69(76)62-87-93(81,82)89-66-70(64-85-72(77)58-53-48-43-38-23-20-17-14-11-8-3)91-74(79)60-55-50-45-40-34-25-22-19-16-13-10-7-2/h68-71,76H,6-67H2,1-5H3,(H,81,82)(H,83,84)/t69-,70+,71+/m0/s1. The maximum atomic E-state index is 13.1. The van der Waals surface area contributed by atoms with Crippen molar-refractivity contribution in [1.29, 1.82) is 0 Å². The van der Waals surface area contributed by atoms with Crippen LogP contribution in [0.25, 0.3) is 0 Å². The molecule has 3 N–H and O–H groups in total. The lowest BCUT2D eigenvalue weighted by Gasteiger charge is -2.21. The normalized spacial score (nSPS) is 14.0. The van der Waals surface area contributed by atoms with Crippen LogP contribution in [-0.2, 0) is 65.4 Å². The minimum absolute atomic E-state index is 0.108. The van der Waals surface area contributed by atoms with Crippen LogP contribution >= 0.6 is 15.6 Å². The number of aliphatic hydroxyl groups excluding tert-OH is 1. The highest BCUT2D eigenvalue weighted by Gasteiger charge is 2.30. The van der Waals surface area contributed by atoms with Gasteiger partial charge in [0.15, 0.2) is 12.2 Å². The van der Waals surface area contributed by atoms with Crippen LogP contribution in [-0.4, -0.2) is 96.7 Å². The van der Waals surface area contributed by atoms with Crippen molar-refractivity contribution in [3.8, 4) is 0 Å². The smallest absolute Gasteiger partial charge is 0.462 e. The topological polar surface area (TPSA) is 237 Å². The van der Waals surface area contributed by atoms with Crippen molar-refractivity contribution in [1.82, 2.24) is 0 Å². The van der Waals surface area contributed by atoms with Crippen molar-refractivity contribution in [2.24, 2.45) is 5.92 Å². The number of unbranched alkanes of at least 4 members (excludes halogenated alkanes) is 47. The van der Waals surface area contributed by atoms with E-state index in [0.29, 0.717) is 25.7 Å². The first-order chi connectivity index (χ1) is 45.5. The highest BCUT2D eigenvalue weighted by Crippen LogP contribution is 2.45. The molecule has 0 spiro atoms. The summed E-state index contributed by atoms with van der Waals surface area (Å²) in [4.78, 5) is 72.8. The maximum absolute atomic E-state index is 13.1. The zero-order valence-electron chi connectivity index (χ0n) is 61.1. The Bertz CT molecular complexity index is 1810. The van der Waals surface area contributed by atoms with Crippen molar-refractivity contribution >= 4 is 39.5 Å². The molecule has 5 atom stereocenters. The second kappa shape index (κ2) is 68.2. The van der Waals surface area contributed by atoms with E-state index >= 15 is 0 Å². The van der Waals surface area contributed by atoms with Crippen LogP contribution in [0.1, 0.15) is 394 Å². The zero-order valence-corrected chi connectivity index (χ0v) is 62.9. The zero-order chi connectivity index (χ0) is 69.1. The number of phosphoric ester groups is 2. The van der Waals surface area contributed by atoms with Gasteiger partial charge in [-0.2, -0.15) is 0 Å². The van der Waals surface area contributed by atoms with E-state index in [0.717, 1.165) is 95.8 Å². The van der Waals surface area contributed by atoms with Gasteiger partial charge in [0.2, 0.25) is 0 Å². The van der Waals surface area contributed by atoms with Gasteiger partial charge in [0.25, 0.3) is 0 Å². The van der Waals surface area contributed by atoms with E-state index in [-0.39, 0.29) is 25.7 Å². The van der Waals surface area contributed by atoms with Gasteiger partial charge in [-0.1, -0.05) is 343 Å². The van der Waals surface area contributed by atoms with Crippen LogP contribution in [0.4, 0.5) is 0 Å². The molecule has 0 bridgehead atoms. The van der Waals surface area contributed by atoms with Gasteiger partial charge < -0.3 is 33.8 Å². The molecule has 0 aromatic heterocycles. The average molecular weight is 1380 g/mol. The van der Waals surface area contributed by atoms with Gasteiger partial charge in [0, 0.05) is 25.7 Å². The summed E-state index contributed by atoms with van der Waals surface area (Å²) < 4.78 is 68.5. The molecule has 558 valence electrons. The summed E-state index contributed by atoms with van der Waals surface area (Å²) in [7, 11) is -9.91. The predicted octanol–water partition coefficient (Wildman–Crippen LogP) is 22.1. The molecule has 0 fully saturated rings. The van der Waals surface area contributed by atoms with Crippen molar-refractivity contribution in [2.45, 2.75) is 412 Å². The summed E-state index contributed by atoms with van der Waals surface area (Å²) in [5.74, 6) is -1.33. The first kappa shape index (κ1) is 92.1. The van der Waals surface area contributed by atoms with Crippen LogP contribution < -0.4 is 0 Å². The number of hydrogen-bond acceptors (Lipinski definition) is 15. The van der Waals surface area contributed by atoms with Crippen LogP contribution in [0.2, 0.25) is 0 Å². The van der Waals surface area contributed by atoms with E-state index in [1.165, 1.54) is 218 Å². The van der Waals surface area contributed by atoms with Crippen LogP contribution in [0.5, 0.6) is 0 Å². The highest BCUT2D eigenvalue weighted by molar-refractivity contribution is 7.47. The van der Waals surface area contributed by atoms with Gasteiger partial charge in [-0.05, 0) is 31.6 Å². The fraction of sp³-hybridized carbons (Fsp3) is 0.947. The van der Waals surface area contributed by atoms with Crippen molar-refractivity contribution in [3.63, 3.8) is 0 Å². The Morgan fingerprint density at radius 3 is 0.723 bits per heavy atom. The van der Waals surface area contributed by atoms with Gasteiger partial charge in [-0.15, -0.1) is 0 Å². The van der Waals surface area contributed by atoms with Crippen molar-refractivity contribution in [2.75, 3.05) is 39.6 Å². The second-order valence-corrected chi connectivity index (χ2v) is 30.4. The Hall–Kier alpha value is -1.94. The number of carbonyl (C=O) groups is 4. The lowest BCUT2D eigenvalue weighted by atomic mass is 10.0. The summed E-state index contributed by atoms with van der Waals surface area (Å²) in [6, 6.07) is 0. The Morgan fingerprint density at radius 2 is 0.489 bits per heavy atom. The fourth-order valence-corrected chi connectivity index (χ4v) is 13.1. The average Bonchev–Trinajstić information content (AvgIpc) is 1.57. The molecule has 0 aliphatic heterocycles. The van der Waals surface area contributed by atoms with Crippen LogP contribution in [0, 0.1) is 5.92 Å². The van der Waals surface area contributed by atoms with Gasteiger partial charge in [0.1, 0.15) is 19.3 Å². The molecule has 0 radical (unpaired) electrons. The molecule has 0 aromatic carbocycles. The van der Waals surface area contributed by atoms with E-state index < -0.39 is 97.5 Å². The van der Waals surface area contributed by atoms with E-state index in [4.69, 9.17) is 37.0 Å². The summed E-state index contributed by atoms with van der Waals surface area (Å²) in [5, 5.41) is 10.6. The molecule has 0 saturated carbocycles. The molecule has 0 aliphatic carbocycles. The number of esters is 4. The predicted molar refractivity (Wildman–Crippen MR) is 382 cm³/mol. The van der Waals surface area contributed by atoms with E-state index in [1.54, 1.807) is 0 Å². The third-order valence-corrected chi connectivity index (χ3v) is 19.4. The lowest BCUT2D eigenvalue weighted by Crippen LogP contribution is -2.30. The van der Waals surface area contributed by atoms with Gasteiger partial charge in [-0.3, -0.25) is 37.3 Å². The first-order valence-electron chi connectivity index (χ1n) is 39.1. The summed E-state index contributed by atoms with van der Waals surface area (Å²) >= 11 is 0. The molecule has 19 heteroatoms. The third kappa shape index (κ3) is 68.6. The molecule has 0 saturated heterocycles. The minimum atomic E-state index is -4.96. The molecule has 0 aliphatic rings. The molecule has 17 nitrogen and oxygen atoms in total. The Kier molecular flexibility index (Phi) is 66.8. The van der Waals surface area contributed by atoms with Crippen LogP contribution in [0.15, 0.2) is 0 Å². The number of rotatable bonds is 75. The Morgan fingerprint density at radius 1 is 0.287 bits per heavy atom. The SMILES string of the molecule is CCCCCCCCCCCCCCCCCCC(=O)OC[C@H](COP(=O)(O)OC[C@@H](O)COP(=O)(O)OC[C@@H](COC(=O)CCCCCCCCCCCC)OC(=O)CCCCCCCCCCCCCC)OC(=O)CCCCCCCCCCCCCCCC(C)C. The maximum Gasteiger partial charge on any atom is 0.472 e. The summed E-state index contributed by atoms with van der Waals surface area (Å²) in [5.41, 5.74) is 0. The largest absolute Gasteiger partial charge is 0.472 e. The first-order valence-corrected chi connectivity index (χ1v) is 42.1. The Labute approximate surface area is 575 Å². The summed E-state index contributed by atoms with van der Waals surface area (Å²) in [6.45, 7) is 7.30.